The molecule has 116 valence electrons. The van der Waals surface area contributed by atoms with Crippen LogP contribution in [0.15, 0.2) is 18.3 Å². The summed E-state index contributed by atoms with van der Waals surface area (Å²) < 4.78 is 5.46. The highest BCUT2D eigenvalue weighted by Gasteiger charge is 2.17. The number of carbonyl (C=O) groups excluding carboxylic acids is 1. The smallest absolute Gasteiger partial charge is 0.258 e. The van der Waals surface area contributed by atoms with E-state index in [1.54, 1.807) is 6.20 Å². The Labute approximate surface area is 126 Å². The van der Waals surface area contributed by atoms with E-state index in [9.17, 15) is 4.79 Å². The minimum absolute atomic E-state index is 0.0487. The first-order chi connectivity index (χ1) is 10.1. The summed E-state index contributed by atoms with van der Waals surface area (Å²) in [5.41, 5.74) is 0.964. The first-order valence-corrected chi connectivity index (χ1v) is 7.74. The highest BCUT2D eigenvalue weighted by atomic mass is 16.5. The van der Waals surface area contributed by atoms with Gasteiger partial charge in [-0.25, -0.2) is 0 Å². The number of amides is 1. The summed E-state index contributed by atoms with van der Waals surface area (Å²) in [6, 6.07) is 4.54. The van der Waals surface area contributed by atoms with Crippen molar-refractivity contribution in [3.05, 3.63) is 24.0 Å². The second-order valence-electron chi connectivity index (χ2n) is 5.86. The van der Waals surface area contributed by atoms with Crippen molar-refractivity contribution >= 4 is 5.91 Å². The maximum Gasteiger partial charge on any atom is 0.258 e. The Balaban J connectivity index is 1.71. The van der Waals surface area contributed by atoms with Gasteiger partial charge < -0.3 is 15.4 Å². The second kappa shape index (κ2) is 7.98. The zero-order chi connectivity index (χ0) is 15.1. The minimum atomic E-state index is -0.0487. The Morgan fingerprint density at radius 1 is 1.38 bits per heavy atom. The number of hydrogen-bond donors (Lipinski definition) is 2. The third-order valence-electron chi connectivity index (χ3n) is 3.58. The van der Waals surface area contributed by atoms with Gasteiger partial charge in [0.2, 0.25) is 0 Å². The molecule has 1 aliphatic rings. The Hall–Kier alpha value is -1.62. The summed E-state index contributed by atoms with van der Waals surface area (Å²) >= 11 is 0. The van der Waals surface area contributed by atoms with Gasteiger partial charge >= 0.3 is 0 Å². The quantitative estimate of drug-likeness (QED) is 0.807. The van der Waals surface area contributed by atoms with Crippen molar-refractivity contribution in [3.8, 4) is 5.75 Å². The molecular formula is C16H25N3O2. The van der Waals surface area contributed by atoms with E-state index in [1.165, 1.54) is 12.8 Å². The van der Waals surface area contributed by atoms with E-state index in [0.29, 0.717) is 17.8 Å². The van der Waals surface area contributed by atoms with E-state index in [2.05, 4.69) is 29.5 Å². The first-order valence-electron chi connectivity index (χ1n) is 7.74. The molecule has 1 aromatic heterocycles. The molecule has 5 nitrogen and oxygen atoms in total. The monoisotopic (exact) mass is 291 g/mol. The molecule has 0 atom stereocenters. The van der Waals surface area contributed by atoms with Crippen LogP contribution in [0.3, 0.4) is 0 Å². The molecule has 0 unspecified atom stereocenters. The molecule has 2 rings (SSSR count). The van der Waals surface area contributed by atoms with Gasteiger partial charge in [-0.2, -0.15) is 0 Å². The predicted molar refractivity (Wildman–Crippen MR) is 82.1 cm³/mol. The number of rotatable bonds is 7. The first kappa shape index (κ1) is 15.8. The summed E-state index contributed by atoms with van der Waals surface area (Å²) in [5, 5.41) is 6.30. The Morgan fingerprint density at radius 3 is 2.76 bits per heavy atom. The number of aromatic nitrogens is 1. The molecular weight excluding hydrogens is 266 g/mol. The maximum atomic E-state index is 11.8. The third kappa shape index (κ3) is 5.71. The SMILES string of the molecule is CC(C)NCc1ccc(OCC(=O)NC2CCCC2)cn1. The molecule has 1 fully saturated rings. The van der Waals surface area contributed by atoms with Crippen molar-refractivity contribution in [1.29, 1.82) is 0 Å². The fourth-order valence-corrected chi connectivity index (χ4v) is 2.40. The molecule has 0 saturated heterocycles. The van der Waals surface area contributed by atoms with Crippen LogP contribution in [0.2, 0.25) is 0 Å². The van der Waals surface area contributed by atoms with Gasteiger partial charge in [0, 0.05) is 18.6 Å². The average Bonchev–Trinajstić information content (AvgIpc) is 2.97. The fourth-order valence-electron chi connectivity index (χ4n) is 2.40. The van der Waals surface area contributed by atoms with Crippen LogP contribution >= 0.6 is 0 Å². The van der Waals surface area contributed by atoms with Crippen LogP contribution in [0.1, 0.15) is 45.2 Å². The van der Waals surface area contributed by atoms with Gasteiger partial charge in [0.15, 0.2) is 6.61 Å². The van der Waals surface area contributed by atoms with Crippen LogP contribution in [0.5, 0.6) is 5.75 Å². The Kier molecular flexibility index (Phi) is 5.99. The van der Waals surface area contributed by atoms with E-state index in [1.807, 2.05) is 12.1 Å². The van der Waals surface area contributed by atoms with Crippen LogP contribution in [0.4, 0.5) is 0 Å². The second-order valence-corrected chi connectivity index (χ2v) is 5.86. The van der Waals surface area contributed by atoms with E-state index in [0.717, 1.165) is 25.1 Å². The fraction of sp³-hybridized carbons (Fsp3) is 0.625. The number of hydrogen-bond acceptors (Lipinski definition) is 4. The van der Waals surface area contributed by atoms with Gasteiger partial charge in [-0.3, -0.25) is 9.78 Å². The zero-order valence-corrected chi connectivity index (χ0v) is 12.9. The van der Waals surface area contributed by atoms with Gasteiger partial charge in [-0.15, -0.1) is 0 Å². The minimum Gasteiger partial charge on any atom is -0.482 e. The number of pyridine rings is 1. The van der Waals surface area contributed by atoms with Gasteiger partial charge in [0.05, 0.1) is 11.9 Å². The largest absolute Gasteiger partial charge is 0.482 e. The van der Waals surface area contributed by atoms with Crippen molar-refractivity contribution in [2.45, 2.75) is 58.2 Å². The number of nitrogens with one attached hydrogen (secondary N) is 2. The van der Waals surface area contributed by atoms with Crippen LogP contribution in [0, 0.1) is 0 Å². The van der Waals surface area contributed by atoms with E-state index < -0.39 is 0 Å². The average molecular weight is 291 g/mol. The molecule has 0 radical (unpaired) electrons. The molecule has 0 aliphatic heterocycles. The van der Waals surface area contributed by atoms with Crippen LogP contribution in [0.25, 0.3) is 0 Å². The van der Waals surface area contributed by atoms with Crippen molar-refractivity contribution < 1.29 is 9.53 Å². The zero-order valence-electron chi connectivity index (χ0n) is 12.9. The molecule has 1 aromatic rings. The lowest BCUT2D eigenvalue weighted by Gasteiger charge is -2.12. The molecule has 1 saturated carbocycles. The van der Waals surface area contributed by atoms with Gasteiger partial charge in [-0.05, 0) is 25.0 Å². The standard InChI is InChI=1S/C16H25N3O2/c1-12(2)17-9-14-7-8-15(10-18-14)21-11-16(20)19-13-5-3-4-6-13/h7-8,10,12-13,17H,3-6,9,11H2,1-2H3,(H,19,20). The van der Waals surface area contributed by atoms with Crippen LogP contribution in [-0.2, 0) is 11.3 Å². The summed E-state index contributed by atoms with van der Waals surface area (Å²) in [6.45, 7) is 4.99. The topological polar surface area (TPSA) is 63.2 Å². The molecule has 2 N–H and O–H groups in total. The predicted octanol–water partition coefficient (Wildman–Crippen LogP) is 2.02. The van der Waals surface area contributed by atoms with Crippen LogP contribution in [-0.4, -0.2) is 29.6 Å². The lowest BCUT2D eigenvalue weighted by atomic mass is 10.2. The van der Waals surface area contributed by atoms with Crippen LogP contribution < -0.4 is 15.4 Å². The summed E-state index contributed by atoms with van der Waals surface area (Å²) in [6.07, 6.45) is 6.26. The van der Waals surface area contributed by atoms with E-state index in [4.69, 9.17) is 4.74 Å². The van der Waals surface area contributed by atoms with Gasteiger partial charge in [0.1, 0.15) is 5.75 Å². The Bertz CT molecular complexity index is 439. The molecule has 0 aromatic carbocycles. The number of carbonyl (C=O) groups is 1. The maximum absolute atomic E-state index is 11.8. The summed E-state index contributed by atoms with van der Waals surface area (Å²) in [4.78, 5) is 16.1. The van der Waals surface area contributed by atoms with Crippen molar-refractivity contribution in [1.82, 2.24) is 15.6 Å². The van der Waals surface area contributed by atoms with E-state index >= 15 is 0 Å². The summed E-state index contributed by atoms with van der Waals surface area (Å²) in [7, 11) is 0. The highest BCUT2D eigenvalue weighted by Crippen LogP contribution is 2.17. The normalized spacial score (nSPS) is 15.4. The molecule has 0 spiro atoms. The molecule has 1 amide bonds. The third-order valence-corrected chi connectivity index (χ3v) is 3.58. The lowest BCUT2D eigenvalue weighted by Crippen LogP contribution is -2.36. The molecule has 21 heavy (non-hydrogen) atoms. The van der Waals surface area contributed by atoms with E-state index in [-0.39, 0.29) is 12.5 Å². The Morgan fingerprint density at radius 2 is 2.14 bits per heavy atom. The van der Waals surface area contributed by atoms with Crippen molar-refractivity contribution in [2.75, 3.05) is 6.61 Å². The number of nitrogens with zero attached hydrogens (tertiary/aromatic N) is 1. The molecule has 5 heteroatoms. The molecule has 1 aliphatic carbocycles. The van der Waals surface area contributed by atoms with Crippen molar-refractivity contribution in [2.24, 2.45) is 0 Å². The molecule has 1 heterocycles. The lowest BCUT2D eigenvalue weighted by molar-refractivity contribution is -0.123. The van der Waals surface area contributed by atoms with Gasteiger partial charge in [0.25, 0.3) is 5.91 Å². The summed E-state index contributed by atoms with van der Waals surface area (Å²) in [5.74, 6) is 0.581. The highest BCUT2D eigenvalue weighted by molar-refractivity contribution is 5.77. The van der Waals surface area contributed by atoms with Gasteiger partial charge in [-0.1, -0.05) is 26.7 Å². The van der Waals surface area contributed by atoms with Crippen molar-refractivity contribution in [3.63, 3.8) is 0 Å². The molecule has 0 bridgehead atoms. The number of ether oxygens (including phenoxy) is 1.